The highest BCUT2D eigenvalue weighted by atomic mass is 32.2. The van der Waals surface area contributed by atoms with E-state index in [2.05, 4.69) is 9.97 Å². The topological polar surface area (TPSA) is 72.4 Å². The summed E-state index contributed by atoms with van der Waals surface area (Å²) in [7, 11) is -1.26. The van der Waals surface area contributed by atoms with Crippen LogP contribution in [0.15, 0.2) is 23.6 Å². The van der Waals surface area contributed by atoms with Gasteiger partial charge in [-0.1, -0.05) is 0 Å². The van der Waals surface area contributed by atoms with E-state index in [4.69, 9.17) is 4.74 Å². The quantitative estimate of drug-likeness (QED) is 0.853. The molecule has 1 aliphatic heterocycles. The van der Waals surface area contributed by atoms with Crippen LogP contribution in [-0.4, -0.2) is 49.1 Å². The van der Waals surface area contributed by atoms with E-state index in [-0.39, 0.29) is 12.1 Å². The van der Waals surface area contributed by atoms with Crippen molar-refractivity contribution in [3.05, 3.63) is 18.6 Å². The molecule has 0 aliphatic carbocycles. The lowest BCUT2D eigenvalue weighted by atomic mass is 10.0. The number of nitrogens with zero attached hydrogens (tertiary/aromatic N) is 3. The maximum Gasteiger partial charge on any atom is 0.410 e. The maximum atomic E-state index is 12.4. The van der Waals surface area contributed by atoms with Gasteiger partial charge in [0.05, 0.1) is 22.7 Å². The monoisotopic (exact) mass is 325 g/mol. The summed E-state index contributed by atoms with van der Waals surface area (Å²) >= 11 is 0. The second-order valence-corrected chi connectivity index (χ2v) is 7.82. The van der Waals surface area contributed by atoms with Crippen molar-refractivity contribution in [1.29, 1.82) is 0 Å². The van der Waals surface area contributed by atoms with Crippen LogP contribution in [0.5, 0.6) is 0 Å². The van der Waals surface area contributed by atoms with Gasteiger partial charge in [0, 0.05) is 25.0 Å². The lowest BCUT2D eigenvalue weighted by Crippen LogP contribution is -2.48. The van der Waals surface area contributed by atoms with Crippen LogP contribution in [0.2, 0.25) is 0 Å². The summed E-state index contributed by atoms with van der Waals surface area (Å²) in [5.74, 6) is 0.373. The van der Waals surface area contributed by atoms with Crippen molar-refractivity contribution in [2.24, 2.45) is 0 Å². The Hall–Kier alpha value is -1.50. The summed E-state index contributed by atoms with van der Waals surface area (Å²) in [6, 6.07) is -0.0774. The fourth-order valence-corrected chi connectivity index (χ4v) is 3.62. The molecule has 0 aromatic carbocycles. The zero-order chi connectivity index (χ0) is 16.2. The third kappa shape index (κ3) is 4.76. The number of aromatic nitrogens is 2. The van der Waals surface area contributed by atoms with Crippen LogP contribution in [0.25, 0.3) is 0 Å². The molecule has 0 N–H and O–H groups in total. The Morgan fingerprint density at radius 3 is 2.82 bits per heavy atom. The van der Waals surface area contributed by atoms with E-state index in [1.54, 1.807) is 11.1 Å². The number of rotatable bonds is 3. The van der Waals surface area contributed by atoms with E-state index in [0.29, 0.717) is 17.3 Å². The number of carbonyl (C=O) groups excluding carboxylic acids is 1. The molecule has 1 fully saturated rings. The molecule has 2 atom stereocenters. The van der Waals surface area contributed by atoms with Gasteiger partial charge in [-0.25, -0.2) is 9.78 Å². The van der Waals surface area contributed by atoms with Crippen molar-refractivity contribution in [3.8, 4) is 0 Å². The molecule has 1 saturated heterocycles. The van der Waals surface area contributed by atoms with Gasteiger partial charge in [0.15, 0.2) is 0 Å². The minimum atomic E-state index is -1.26. The van der Waals surface area contributed by atoms with E-state index in [1.807, 2.05) is 20.8 Å². The fraction of sp³-hybridized carbons (Fsp3) is 0.667. The van der Waals surface area contributed by atoms with Crippen molar-refractivity contribution in [3.63, 3.8) is 0 Å². The molecular weight excluding hydrogens is 302 g/mol. The minimum Gasteiger partial charge on any atom is -0.444 e. The molecule has 1 aromatic rings. The van der Waals surface area contributed by atoms with Gasteiger partial charge >= 0.3 is 6.09 Å². The molecular formula is C15H23N3O3S. The summed E-state index contributed by atoms with van der Waals surface area (Å²) in [5.41, 5.74) is -0.525. The lowest BCUT2D eigenvalue weighted by molar-refractivity contribution is 0.0125. The van der Waals surface area contributed by atoms with Crippen molar-refractivity contribution >= 4 is 16.9 Å². The number of likely N-dealkylation sites (tertiary alicyclic amines) is 1. The molecule has 1 aromatic heterocycles. The molecule has 1 aliphatic rings. The molecule has 22 heavy (non-hydrogen) atoms. The molecule has 2 heterocycles. The van der Waals surface area contributed by atoms with Crippen LogP contribution in [0.3, 0.4) is 0 Å². The number of piperidine rings is 1. The highest BCUT2D eigenvalue weighted by molar-refractivity contribution is 7.85. The highest BCUT2D eigenvalue weighted by Gasteiger charge is 2.31. The van der Waals surface area contributed by atoms with Crippen LogP contribution < -0.4 is 0 Å². The van der Waals surface area contributed by atoms with Crippen molar-refractivity contribution in [1.82, 2.24) is 14.9 Å². The second kappa shape index (κ2) is 7.17. The van der Waals surface area contributed by atoms with Crippen LogP contribution in [0, 0.1) is 0 Å². The van der Waals surface area contributed by atoms with E-state index in [1.165, 1.54) is 12.4 Å². The average molecular weight is 325 g/mol. The first-order valence-corrected chi connectivity index (χ1v) is 8.83. The predicted molar refractivity (Wildman–Crippen MR) is 83.9 cm³/mol. The predicted octanol–water partition coefficient (Wildman–Crippen LogP) is 2.37. The van der Waals surface area contributed by atoms with Gasteiger partial charge in [-0.2, -0.15) is 0 Å². The van der Waals surface area contributed by atoms with E-state index in [9.17, 15) is 9.00 Å². The van der Waals surface area contributed by atoms with Crippen molar-refractivity contribution in [2.45, 2.75) is 56.7 Å². The largest absolute Gasteiger partial charge is 0.444 e. The van der Waals surface area contributed by atoms with Gasteiger partial charge in [-0.15, -0.1) is 0 Å². The Labute approximate surface area is 133 Å². The normalized spacial score (nSPS) is 20.5. The Kier molecular flexibility index (Phi) is 5.50. The summed E-state index contributed by atoms with van der Waals surface area (Å²) in [6.07, 6.45) is 7.08. The lowest BCUT2D eigenvalue weighted by Gasteiger charge is -2.36. The van der Waals surface area contributed by atoms with Crippen molar-refractivity contribution < 1.29 is 13.7 Å². The van der Waals surface area contributed by atoms with Gasteiger partial charge < -0.3 is 9.64 Å². The first-order chi connectivity index (χ1) is 10.4. The third-order valence-corrected chi connectivity index (χ3v) is 4.74. The SMILES string of the molecule is CC(C)(C)OC(=O)N1CCCC[C@H]1C[S@@](=O)c1cnccn1. The summed E-state index contributed by atoms with van der Waals surface area (Å²) in [6.45, 7) is 6.20. The van der Waals surface area contributed by atoms with Gasteiger partial charge in [0.1, 0.15) is 10.6 Å². The molecule has 122 valence electrons. The summed E-state index contributed by atoms with van der Waals surface area (Å²) < 4.78 is 17.9. The number of amides is 1. The van der Waals surface area contributed by atoms with E-state index in [0.717, 1.165) is 19.3 Å². The Bertz CT molecular complexity index is 531. The molecule has 0 saturated carbocycles. The molecule has 0 radical (unpaired) electrons. The van der Waals surface area contributed by atoms with Crippen LogP contribution in [-0.2, 0) is 15.5 Å². The van der Waals surface area contributed by atoms with Gasteiger partial charge in [-0.3, -0.25) is 9.19 Å². The molecule has 1 amide bonds. The first kappa shape index (κ1) is 16.9. The smallest absolute Gasteiger partial charge is 0.410 e. The Balaban J connectivity index is 2.04. The van der Waals surface area contributed by atoms with Crippen LogP contribution >= 0.6 is 0 Å². The van der Waals surface area contributed by atoms with E-state index >= 15 is 0 Å². The third-order valence-electron chi connectivity index (χ3n) is 3.37. The molecule has 0 bridgehead atoms. The zero-order valence-corrected chi connectivity index (χ0v) is 14.1. The molecule has 6 nitrogen and oxygen atoms in total. The zero-order valence-electron chi connectivity index (χ0n) is 13.3. The van der Waals surface area contributed by atoms with Crippen LogP contribution in [0.1, 0.15) is 40.0 Å². The molecule has 0 spiro atoms. The summed E-state index contributed by atoms with van der Waals surface area (Å²) in [4.78, 5) is 22.0. The fourth-order valence-electron chi connectivity index (χ4n) is 2.40. The molecule has 7 heteroatoms. The summed E-state index contributed by atoms with van der Waals surface area (Å²) in [5, 5.41) is 0.456. The number of carbonyl (C=O) groups is 1. The van der Waals surface area contributed by atoms with Gasteiger partial charge in [-0.05, 0) is 40.0 Å². The average Bonchev–Trinajstić information content (AvgIpc) is 2.47. The first-order valence-electron chi connectivity index (χ1n) is 7.51. The van der Waals surface area contributed by atoms with Crippen LogP contribution in [0.4, 0.5) is 4.79 Å². The van der Waals surface area contributed by atoms with Gasteiger partial charge in [0.25, 0.3) is 0 Å². The second-order valence-electron chi connectivity index (χ2n) is 6.38. The Morgan fingerprint density at radius 1 is 1.41 bits per heavy atom. The highest BCUT2D eigenvalue weighted by Crippen LogP contribution is 2.22. The van der Waals surface area contributed by atoms with E-state index < -0.39 is 16.4 Å². The Morgan fingerprint density at radius 2 is 2.18 bits per heavy atom. The van der Waals surface area contributed by atoms with Crippen molar-refractivity contribution in [2.75, 3.05) is 12.3 Å². The maximum absolute atomic E-state index is 12.4. The standard InChI is InChI=1S/C15H23N3O3S/c1-15(2,3)21-14(19)18-9-5-4-6-12(18)11-22(20)13-10-16-7-8-17-13/h7-8,10,12H,4-6,9,11H2,1-3H3/t12-,22+/m0/s1. The number of hydrogen-bond acceptors (Lipinski definition) is 5. The minimum absolute atomic E-state index is 0.0774. The number of hydrogen-bond donors (Lipinski definition) is 0. The molecule has 0 unspecified atom stereocenters. The number of ether oxygens (including phenoxy) is 1. The van der Waals surface area contributed by atoms with Gasteiger partial charge in [0.2, 0.25) is 0 Å². The molecule has 2 rings (SSSR count).